The van der Waals surface area contributed by atoms with Crippen LogP contribution in [0.3, 0.4) is 0 Å². The number of ether oxygens (including phenoxy) is 2. The van der Waals surface area contributed by atoms with Gasteiger partial charge in [0.2, 0.25) is 0 Å². The van der Waals surface area contributed by atoms with Crippen molar-refractivity contribution in [2.45, 2.75) is 65.2 Å². The van der Waals surface area contributed by atoms with Gasteiger partial charge in [0.05, 0.1) is 12.2 Å². The highest BCUT2D eigenvalue weighted by molar-refractivity contribution is 5.98. The first kappa shape index (κ1) is 26.8. The van der Waals surface area contributed by atoms with Gasteiger partial charge in [-0.25, -0.2) is 18.6 Å². The zero-order valence-corrected chi connectivity index (χ0v) is 22.9. The number of carbonyl (C=O) groups is 1. The molecule has 0 amide bonds. The highest BCUT2D eigenvalue weighted by Gasteiger charge is 2.35. The summed E-state index contributed by atoms with van der Waals surface area (Å²) in [5, 5.41) is 11.0. The van der Waals surface area contributed by atoms with Crippen LogP contribution < -0.4 is 4.74 Å². The second-order valence-electron chi connectivity index (χ2n) is 11.7. The number of aromatic nitrogens is 2. The molecule has 5 rings (SSSR count). The zero-order chi connectivity index (χ0) is 28.3. The molecule has 4 aromatic rings. The lowest BCUT2D eigenvalue weighted by Crippen LogP contribution is -2.28. The van der Waals surface area contributed by atoms with Crippen molar-refractivity contribution in [2.75, 3.05) is 6.61 Å². The van der Waals surface area contributed by atoms with Crippen molar-refractivity contribution < 1.29 is 28.2 Å². The predicted molar refractivity (Wildman–Crippen MR) is 145 cm³/mol. The molecule has 204 valence electrons. The summed E-state index contributed by atoms with van der Waals surface area (Å²) in [6.45, 7) is 12.3. The molecule has 2 aromatic heterocycles. The normalized spacial score (nSPS) is 15.3. The fraction of sp³-hybridized carbons (Fsp3) is 0.355. The molecule has 39 heavy (non-hydrogen) atoms. The number of hydrogen-bond donors (Lipinski definition) is 1. The SMILES string of the molecule is Cc1nc2c(ccn2Cc2ccc(F)c(F)c2)c(-c2ccc3c(c2)C(C)(C)CO3)c1[C@H](OC(C)(C)C)C(=O)O. The van der Waals surface area contributed by atoms with Crippen LogP contribution >= 0.6 is 0 Å². The van der Waals surface area contributed by atoms with Crippen molar-refractivity contribution in [3.8, 4) is 16.9 Å². The first-order valence-electron chi connectivity index (χ1n) is 12.9. The standard InChI is InChI=1S/C31H32F2N2O4/c1-17-25(27(29(36)37)39-30(2,3)4)26(19-8-10-24-21(14-19)31(5,6)16-38-24)20-11-12-35(28(20)34-17)15-18-7-9-22(32)23(33)13-18/h7-14,27H,15-16H2,1-6H3,(H,36,37)/t27-/m0/s1. The largest absolute Gasteiger partial charge is 0.492 e. The Bertz CT molecular complexity index is 1600. The molecule has 0 aliphatic carbocycles. The van der Waals surface area contributed by atoms with E-state index in [1.165, 1.54) is 12.1 Å². The van der Waals surface area contributed by atoms with Gasteiger partial charge >= 0.3 is 5.97 Å². The van der Waals surface area contributed by atoms with E-state index in [4.69, 9.17) is 14.5 Å². The second kappa shape index (κ2) is 9.45. The number of aryl methyl sites for hydroxylation is 1. The molecule has 0 saturated heterocycles. The summed E-state index contributed by atoms with van der Waals surface area (Å²) in [5.74, 6) is -2.12. The van der Waals surface area contributed by atoms with Crippen molar-refractivity contribution in [1.29, 1.82) is 0 Å². The summed E-state index contributed by atoms with van der Waals surface area (Å²) in [6, 6.07) is 11.6. The van der Waals surface area contributed by atoms with E-state index in [1.54, 1.807) is 6.92 Å². The van der Waals surface area contributed by atoms with E-state index in [0.717, 1.165) is 28.3 Å². The number of rotatable bonds is 6. The maximum Gasteiger partial charge on any atom is 0.337 e. The van der Waals surface area contributed by atoms with Crippen LogP contribution in [0.2, 0.25) is 0 Å². The summed E-state index contributed by atoms with van der Waals surface area (Å²) in [6.07, 6.45) is 0.566. The smallest absolute Gasteiger partial charge is 0.337 e. The van der Waals surface area contributed by atoms with Gasteiger partial charge in [-0.05, 0) is 69.2 Å². The first-order valence-corrected chi connectivity index (χ1v) is 12.9. The van der Waals surface area contributed by atoms with Gasteiger partial charge in [-0.1, -0.05) is 26.0 Å². The quantitative estimate of drug-likeness (QED) is 0.290. The Kier molecular flexibility index (Phi) is 6.50. The third kappa shape index (κ3) is 5.01. The number of pyridine rings is 1. The van der Waals surface area contributed by atoms with Crippen molar-refractivity contribution in [3.63, 3.8) is 0 Å². The summed E-state index contributed by atoms with van der Waals surface area (Å²) in [7, 11) is 0. The maximum atomic E-state index is 13.9. The Morgan fingerprint density at radius 1 is 1.15 bits per heavy atom. The Morgan fingerprint density at radius 2 is 1.90 bits per heavy atom. The minimum Gasteiger partial charge on any atom is -0.492 e. The highest BCUT2D eigenvalue weighted by Crippen LogP contribution is 2.44. The van der Waals surface area contributed by atoms with Gasteiger partial charge in [0.25, 0.3) is 0 Å². The summed E-state index contributed by atoms with van der Waals surface area (Å²) >= 11 is 0. The number of carboxylic acid groups (broad SMARTS) is 1. The lowest BCUT2D eigenvalue weighted by atomic mass is 9.84. The molecule has 1 aliphatic rings. The van der Waals surface area contributed by atoms with Crippen LogP contribution in [-0.2, 0) is 21.5 Å². The van der Waals surface area contributed by atoms with Gasteiger partial charge in [0, 0.05) is 45.9 Å². The molecule has 0 bridgehead atoms. The van der Waals surface area contributed by atoms with Crippen LogP contribution in [0, 0.1) is 18.6 Å². The molecule has 1 N–H and O–H groups in total. The van der Waals surface area contributed by atoms with Gasteiger partial charge in [-0.2, -0.15) is 0 Å². The molecule has 8 heteroatoms. The maximum absolute atomic E-state index is 13.9. The van der Waals surface area contributed by atoms with Gasteiger partial charge in [0.15, 0.2) is 17.7 Å². The predicted octanol–water partition coefficient (Wildman–Crippen LogP) is 6.95. The van der Waals surface area contributed by atoms with Crippen molar-refractivity contribution in [2.24, 2.45) is 0 Å². The molecule has 0 unspecified atom stereocenters. The second-order valence-corrected chi connectivity index (χ2v) is 11.7. The van der Waals surface area contributed by atoms with Crippen molar-refractivity contribution >= 4 is 17.0 Å². The van der Waals surface area contributed by atoms with Gasteiger partial charge in [-0.3, -0.25) is 0 Å². The minimum atomic E-state index is -1.26. The fourth-order valence-electron chi connectivity index (χ4n) is 5.19. The van der Waals surface area contributed by atoms with Crippen LogP contribution in [0.15, 0.2) is 48.7 Å². The van der Waals surface area contributed by atoms with Crippen molar-refractivity contribution in [3.05, 3.63) is 82.7 Å². The van der Waals surface area contributed by atoms with E-state index in [0.29, 0.717) is 34.6 Å². The minimum absolute atomic E-state index is 0.209. The van der Waals surface area contributed by atoms with Gasteiger partial charge < -0.3 is 19.1 Å². The lowest BCUT2D eigenvalue weighted by Gasteiger charge is -2.28. The number of carboxylic acids is 1. The number of halogens is 2. The number of benzene rings is 2. The van der Waals surface area contributed by atoms with E-state index in [2.05, 4.69) is 19.9 Å². The molecular formula is C31H32F2N2O4. The molecule has 1 aliphatic heterocycles. The molecule has 0 saturated carbocycles. The molecule has 2 aromatic carbocycles. The lowest BCUT2D eigenvalue weighted by molar-refractivity contribution is -0.160. The molecule has 0 fully saturated rings. The fourth-order valence-corrected chi connectivity index (χ4v) is 5.19. The Morgan fingerprint density at radius 3 is 2.56 bits per heavy atom. The molecule has 1 atom stereocenters. The Balaban J connectivity index is 1.75. The summed E-state index contributed by atoms with van der Waals surface area (Å²) in [5.41, 5.74) is 3.81. The molecule has 0 radical (unpaired) electrons. The number of nitrogens with zero attached hydrogens (tertiary/aromatic N) is 2. The summed E-state index contributed by atoms with van der Waals surface area (Å²) in [4.78, 5) is 17.4. The number of hydrogen-bond acceptors (Lipinski definition) is 4. The Labute approximate surface area is 226 Å². The number of fused-ring (bicyclic) bond motifs is 2. The molecule has 6 nitrogen and oxygen atoms in total. The van der Waals surface area contributed by atoms with Crippen LogP contribution in [0.25, 0.3) is 22.2 Å². The number of aliphatic carboxylic acids is 1. The van der Waals surface area contributed by atoms with E-state index in [9.17, 15) is 18.7 Å². The van der Waals surface area contributed by atoms with Crippen molar-refractivity contribution in [1.82, 2.24) is 9.55 Å². The zero-order valence-electron chi connectivity index (χ0n) is 22.9. The van der Waals surface area contributed by atoms with Gasteiger partial charge in [0.1, 0.15) is 11.4 Å². The van der Waals surface area contributed by atoms with E-state index in [1.807, 2.05) is 49.7 Å². The van der Waals surface area contributed by atoms with Gasteiger partial charge in [-0.15, -0.1) is 0 Å². The third-order valence-electron chi connectivity index (χ3n) is 7.02. The molecule has 3 heterocycles. The van der Waals surface area contributed by atoms with Crippen LogP contribution in [0.1, 0.15) is 63.1 Å². The van der Waals surface area contributed by atoms with Crippen LogP contribution in [-0.4, -0.2) is 32.8 Å². The van der Waals surface area contributed by atoms with E-state index >= 15 is 0 Å². The highest BCUT2D eigenvalue weighted by atomic mass is 19.2. The van der Waals surface area contributed by atoms with Crippen LogP contribution in [0.5, 0.6) is 5.75 Å². The first-order chi connectivity index (χ1) is 18.2. The molecule has 0 spiro atoms. The third-order valence-corrected chi connectivity index (χ3v) is 7.02. The Hall–Kier alpha value is -3.78. The van der Waals surface area contributed by atoms with Crippen LogP contribution in [0.4, 0.5) is 8.78 Å². The average Bonchev–Trinajstić information content (AvgIpc) is 3.38. The average molecular weight is 535 g/mol. The summed E-state index contributed by atoms with van der Waals surface area (Å²) < 4.78 is 41.3. The topological polar surface area (TPSA) is 73.6 Å². The van der Waals surface area contributed by atoms with E-state index in [-0.39, 0.29) is 12.0 Å². The monoisotopic (exact) mass is 534 g/mol. The van der Waals surface area contributed by atoms with E-state index < -0.39 is 29.3 Å². The molecular weight excluding hydrogens is 502 g/mol.